The zero-order valence-corrected chi connectivity index (χ0v) is 23.5. The third kappa shape index (κ3) is 6.64. The van der Waals surface area contributed by atoms with Crippen molar-refractivity contribution in [3.05, 3.63) is 94.7 Å². The lowest BCUT2D eigenvalue weighted by atomic mass is 9.91. The maximum atomic E-state index is 13.2. The highest BCUT2D eigenvalue weighted by atomic mass is 19.1. The van der Waals surface area contributed by atoms with Crippen LogP contribution in [0.25, 0.3) is 0 Å². The number of hydrogen-bond donors (Lipinski definition) is 2. The number of rotatable bonds is 7. The second-order valence-corrected chi connectivity index (χ2v) is 11.5. The maximum Gasteiger partial charge on any atom is 0.243 e. The fraction of sp³-hybridized carbons (Fsp3) is 0.424. The van der Waals surface area contributed by atoms with Crippen LogP contribution in [-0.4, -0.2) is 46.9 Å². The Balaban J connectivity index is 0.000000365. The number of piperazine rings is 1. The molecule has 1 spiro atoms. The Morgan fingerprint density at radius 3 is 2.51 bits per heavy atom. The van der Waals surface area contributed by atoms with Gasteiger partial charge in [0.05, 0.1) is 5.54 Å². The zero-order chi connectivity index (χ0) is 28.8. The quantitative estimate of drug-likeness (QED) is 0.371. The van der Waals surface area contributed by atoms with E-state index in [-0.39, 0.29) is 11.6 Å². The molecule has 2 amide bonds. The summed E-state index contributed by atoms with van der Waals surface area (Å²) in [5.74, 6) is 0.260. The van der Waals surface area contributed by atoms with Crippen LogP contribution in [0.3, 0.4) is 0 Å². The Morgan fingerprint density at radius 1 is 1.05 bits per heavy atom. The molecule has 1 aromatic heterocycles. The van der Waals surface area contributed by atoms with Gasteiger partial charge >= 0.3 is 0 Å². The summed E-state index contributed by atoms with van der Waals surface area (Å²) in [7, 11) is 0. The van der Waals surface area contributed by atoms with E-state index in [0.717, 1.165) is 76.1 Å². The number of fused-ring (bicyclic) bond motifs is 1. The number of carbonyl (C=O) groups excluding carboxylic acids is 2. The van der Waals surface area contributed by atoms with Crippen LogP contribution < -0.4 is 10.6 Å². The minimum atomic E-state index is -0.537. The molecule has 1 aliphatic heterocycles. The molecule has 0 unspecified atom stereocenters. The van der Waals surface area contributed by atoms with Crippen LogP contribution in [-0.2, 0) is 28.9 Å². The van der Waals surface area contributed by atoms with Crippen LogP contribution in [0.1, 0.15) is 67.2 Å². The number of amides is 2. The minimum Gasteiger partial charge on any atom is -0.337 e. The summed E-state index contributed by atoms with van der Waals surface area (Å²) in [6, 6.07) is 15.7. The Labute approximate surface area is 240 Å². The fourth-order valence-electron chi connectivity index (χ4n) is 6.58. The number of carbonyl (C=O) groups is 2. The molecule has 3 aromatic rings. The Kier molecular flexibility index (Phi) is 9.08. The van der Waals surface area contributed by atoms with Gasteiger partial charge in [-0.25, -0.2) is 13.8 Å². The van der Waals surface area contributed by atoms with Crippen LogP contribution in [0, 0.1) is 11.6 Å². The molecule has 6 rings (SSSR count). The number of nitrogens with one attached hydrogen (secondary N) is 2. The van der Waals surface area contributed by atoms with Gasteiger partial charge in [-0.2, -0.15) is 0 Å². The molecule has 1 saturated carbocycles. The number of aryl methyl sites for hydroxylation is 1. The minimum absolute atomic E-state index is 0.262. The number of benzene rings is 2. The van der Waals surface area contributed by atoms with E-state index < -0.39 is 11.6 Å². The van der Waals surface area contributed by atoms with Gasteiger partial charge in [-0.1, -0.05) is 43.2 Å². The topological polar surface area (TPSA) is 74.3 Å². The first-order valence-electron chi connectivity index (χ1n) is 14.6. The van der Waals surface area contributed by atoms with Gasteiger partial charge < -0.3 is 15.5 Å². The molecule has 2 N–H and O–H groups in total. The van der Waals surface area contributed by atoms with Gasteiger partial charge in [-0.05, 0) is 91.8 Å². The molecule has 41 heavy (non-hydrogen) atoms. The number of pyridine rings is 1. The zero-order valence-electron chi connectivity index (χ0n) is 23.5. The normalized spacial score (nSPS) is 20.9. The molecule has 0 bridgehead atoms. The molecule has 8 heteroatoms. The molecule has 216 valence electrons. The van der Waals surface area contributed by atoms with Crippen LogP contribution in [0.2, 0.25) is 0 Å². The predicted octanol–water partition coefficient (Wildman–Crippen LogP) is 5.56. The summed E-state index contributed by atoms with van der Waals surface area (Å²) in [6.07, 6.45) is 10.6. The van der Waals surface area contributed by atoms with E-state index in [0.29, 0.717) is 24.1 Å². The molecule has 2 fully saturated rings. The van der Waals surface area contributed by atoms with E-state index in [9.17, 15) is 18.4 Å². The molecule has 6 nitrogen and oxygen atoms in total. The van der Waals surface area contributed by atoms with Crippen molar-refractivity contribution in [2.24, 2.45) is 0 Å². The van der Waals surface area contributed by atoms with Crippen molar-refractivity contribution in [3.63, 3.8) is 0 Å². The summed E-state index contributed by atoms with van der Waals surface area (Å²) >= 11 is 0. The molecule has 0 radical (unpaired) electrons. The van der Waals surface area contributed by atoms with Gasteiger partial charge in [-0.3, -0.25) is 9.59 Å². The third-order valence-electron chi connectivity index (χ3n) is 8.72. The Hall–Kier alpha value is -3.65. The van der Waals surface area contributed by atoms with Crippen LogP contribution >= 0.6 is 0 Å². The first-order chi connectivity index (χ1) is 19.9. The van der Waals surface area contributed by atoms with E-state index in [2.05, 4.69) is 51.7 Å². The monoisotopic (exact) mass is 560 g/mol. The second kappa shape index (κ2) is 12.9. The lowest BCUT2D eigenvalue weighted by Gasteiger charge is -2.44. The number of aromatic nitrogens is 1. The molecule has 1 saturated heterocycles. The maximum absolute atomic E-state index is 13.2. The van der Waals surface area contributed by atoms with Crippen molar-refractivity contribution in [2.45, 2.75) is 75.8 Å². The van der Waals surface area contributed by atoms with Gasteiger partial charge in [0.15, 0.2) is 0 Å². The third-order valence-corrected chi connectivity index (χ3v) is 8.72. The number of anilines is 1. The summed E-state index contributed by atoms with van der Waals surface area (Å²) in [5, 5.41) is 6.32. The second-order valence-electron chi connectivity index (χ2n) is 11.5. The van der Waals surface area contributed by atoms with Gasteiger partial charge in [0.2, 0.25) is 12.3 Å². The average molecular weight is 561 g/mol. The van der Waals surface area contributed by atoms with Crippen molar-refractivity contribution < 1.29 is 18.4 Å². The highest BCUT2D eigenvalue weighted by Crippen LogP contribution is 2.37. The number of halogens is 2. The largest absolute Gasteiger partial charge is 0.337 e. The van der Waals surface area contributed by atoms with Gasteiger partial charge in [0, 0.05) is 31.4 Å². The highest BCUT2D eigenvalue weighted by Gasteiger charge is 2.47. The highest BCUT2D eigenvalue weighted by molar-refractivity contribution is 5.88. The summed E-state index contributed by atoms with van der Waals surface area (Å²) in [6.45, 7) is 3.90. The molecule has 2 aromatic carbocycles. The van der Waals surface area contributed by atoms with Crippen molar-refractivity contribution in [1.82, 2.24) is 15.2 Å². The van der Waals surface area contributed by atoms with Crippen molar-refractivity contribution in [2.75, 3.05) is 18.4 Å². The summed E-state index contributed by atoms with van der Waals surface area (Å²) in [4.78, 5) is 30.7. The molecular formula is C33H38F2N4O2. The van der Waals surface area contributed by atoms with Gasteiger partial charge in [-0.15, -0.1) is 0 Å². The Morgan fingerprint density at radius 2 is 1.80 bits per heavy atom. The van der Waals surface area contributed by atoms with Crippen LogP contribution in [0.5, 0.6) is 0 Å². The Bertz CT molecular complexity index is 1360. The summed E-state index contributed by atoms with van der Waals surface area (Å²) in [5.41, 5.74) is 4.96. The van der Waals surface area contributed by atoms with E-state index in [4.69, 9.17) is 0 Å². The average Bonchev–Trinajstić information content (AvgIpc) is 3.61. The van der Waals surface area contributed by atoms with Crippen molar-refractivity contribution in [1.29, 1.82) is 0 Å². The van der Waals surface area contributed by atoms with Crippen LogP contribution in [0.4, 0.5) is 14.6 Å². The summed E-state index contributed by atoms with van der Waals surface area (Å²) < 4.78 is 23.9. The van der Waals surface area contributed by atoms with E-state index >= 15 is 0 Å². The smallest absolute Gasteiger partial charge is 0.243 e. The van der Waals surface area contributed by atoms with Gasteiger partial charge in [0.25, 0.3) is 0 Å². The number of hydrogen-bond acceptors (Lipinski definition) is 4. The van der Waals surface area contributed by atoms with E-state index in [1.807, 2.05) is 6.07 Å². The lowest BCUT2D eigenvalue weighted by molar-refractivity contribution is -0.144. The predicted molar refractivity (Wildman–Crippen MR) is 156 cm³/mol. The van der Waals surface area contributed by atoms with Gasteiger partial charge in [0.1, 0.15) is 17.5 Å². The molecule has 2 heterocycles. The molecule has 2 atom stereocenters. The number of nitrogens with zero attached hydrogens (tertiary/aromatic N) is 2. The van der Waals surface area contributed by atoms with Crippen molar-refractivity contribution in [3.8, 4) is 0 Å². The first kappa shape index (κ1) is 28.9. The molecular weight excluding hydrogens is 522 g/mol. The molecule has 3 aliphatic rings. The lowest BCUT2D eigenvalue weighted by Crippen LogP contribution is -2.66. The fourth-order valence-corrected chi connectivity index (χ4v) is 6.58. The standard InChI is InChI=1S/C27H34N4O2.C6H4F2/c1-19-17-30-27(10-2-3-11-27)26(33)31(19)13-5-6-20-8-9-21-15-23(16-22(21)14-20)24-7-4-12-28-25(24)29-18-32;7-5-2-1-3-6(8)4-5/h4,7-9,12,14,18-19,23,30H,2-3,5-6,10-11,13,15-17H2,1H3,(H,28,29,32);1-4H/t19-,23+;/m0./s1. The van der Waals surface area contributed by atoms with Crippen molar-refractivity contribution >= 4 is 18.1 Å². The molecule has 2 aliphatic carbocycles. The van der Waals surface area contributed by atoms with Crippen LogP contribution in [0.15, 0.2) is 60.8 Å². The van der Waals surface area contributed by atoms with E-state index in [1.165, 1.54) is 34.9 Å². The first-order valence-corrected chi connectivity index (χ1v) is 14.6. The van der Waals surface area contributed by atoms with E-state index in [1.54, 1.807) is 6.20 Å². The SMILES string of the molecule is C[C@H]1CNC2(CCCC2)C(=O)N1CCCc1ccc2c(c1)C[C@H](c1cccnc1NC=O)C2.Fc1cccc(F)c1.